The first-order valence-corrected chi connectivity index (χ1v) is 9.27. The molecule has 0 aliphatic carbocycles. The maximum Gasteiger partial charge on any atom is 0.282 e. The molecule has 2 aromatic carbocycles. The third-order valence-corrected chi connectivity index (χ3v) is 5.16. The Balaban J connectivity index is 1.81. The number of rotatable bonds is 3. The van der Waals surface area contributed by atoms with Crippen LogP contribution in [0.2, 0.25) is 0 Å². The molecular formula is C22H21FN2O2. The Morgan fingerprint density at radius 3 is 2.07 bits per heavy atom. The molecule has 138 valence electrons. The van der Waals surface area contributed by atoms with Crippen molar-refractivity contribution in [1.82, 2.24) is 4.90 Å². The van der Waals surface area contributed by atoms with Gasteiger partial charge in [0.15, 0.2) is 0 Å². The highest BCUT2D eigenvalue weighted by molar-refractivity contribution is 6.45. The van der Waals surface area contributed by atoms with E-state index in [-0.39, 0.29) is 11.8 Å². The van der Waals surface area contributed by atoms with Crippen LogP contribution in [0.5, 0.6) is 0 Å². The second-order valence-corrected chi connectivity index (χ2v) is 7.06. The topological polar surface area (TPSA) is 40.6 Å². The first-order valence-electron chi connectivity index (χ1n) is 9.27. The van der Waals surface area contributed by atoms with Gasteiger partial charge in [0, 0.05) is 13.1 Å². The summed E-state index contributed by atoms with van der Waals surface area (Å²) in [6, 6.07) is 13.1. The predicted molar refractivity (Wildman–Crippen MR) is 102 cm³/mol. The number of likely N-dealkylation sites (tertiary alicyclic amines) is 1. The Hall–Kier alpha value is -2.95. The number of carbonyl (C=O) groups is 2. The third kappa shape index (κ3) is 3.14. The molecule has 0 radical (unpaired) electrons. The van der Waals surface area contributed by atoms with Crippen molar-refractivity contribution in [1.29, 1.82) is 0 Å². The molecule has 1 saturated heterocycles. The molecule has 0 N–H and O–H groups in total. The van der Waals surface area contributed by atoms with Crippen LogP contribution in [-0.4, -0.2) is 29.8 Å². The molecule has 2 aromatic rings. The summed E-state index contributed by atoms with van der Waals surface area (Å²) in [5, 5.41) is 0. The zero-order chi connectivity index (χ0) is 19.0. The van der Waals surface area contributed by atoms with Crippen LogP contribution < -0.4 is 4.90 Å². The van der Waals surface area contributed by atoms with E-state index >= 15 is 0 Å². The number of halogens is 1. The van der Waals surface area contributed by atoms with Gasteiger partial charge in [0.2, 0.25) is 0 Å². The van der Waals surface area contributed by atoms with Gasteiger partial charge >= 0.3 is 0 Å². The van der Waals surface area contributed by atoms with E-state index in [1.807, 2.05) is 36.1 Å². The van der Waals surface area contributed by atoms with Crippen molar-refractivity contribution in [3.63, 3.8) is 0 Å². The highest BCUT2D eigenvalue weighted by atomic mass is 19.1. The van der Waals surface area contributed by atoms with Crippen LogP contribution in [0, 0.1) is 12.7 Å². The van der Waals surface area contributed by atoms with Gasteiger partial charge in [-0.1, -0.05) is 29.8 Å². The molecule has 0 bridgehead atoms. The molecule has 1 fully saturated rings. The van der Waals surface area contributed by atoms with E-state index in [1.54, 1.807) is 0 Å². The van der Waals surface area contributed by atoms with Crippen molar-refractivity contribution in [2.24, 2.45) is 0 Å². The molecule has 2 amide bonds. The Morgan fingerprint density at radius 1 is 0.815 bits per heavy atom. The number of benzene rings is 2. The number of hydrogen-bond acceptors (Lipinski definition) is 3. The minimum absolute atomic E-state index is 0.330. The molecule has 0 unspecified atom stereocenters. The third-order valence-electron chi connectivity index (χ3n) is 5.16. The fraction of sp³-hybridized carbons (Fsp3) is 0.273. The zero-order valence-corrected chi connectivity index (χ0v) is 15.2. The molecule has 2 aliphatic heterocycles. The minimum Gasteiger partial charge on any atom is -0.366 e. The van der Waals surface area contributed by atoms with E-state index in [1.165, 1.54) is 29.2 Å². The number of anilines is 1. The van der Waals surface area contributed by atoms with Gasteiger partial charge in [-0.3, -0.25) is 9.59 Å². The highest BCUT2D eigenvalue weighted by Gasteiger charge is 2.42. The minimum atomic E-state index is -0.402. The van der Waals surface area contributed by atoms with Crippen LogP contribution in [0.15, 0.2) is 54.2 Å². The van der Waals surface area contributed by atoms with E-state index in [4.69, 9.17) is 0 Å². The molecule has 4 nitrogen and oxygen atoms in total. The average Bonchev–Trinajstić information content (AvgIpc) is 2.94. The first-order chi connectivity index (χ1) is 13.1. The van der Waals surface area contributed by atoms with Crippen LogP contribution in [0.1, 0.15) is 30.4 Å². The Bertz CT molecular complexity index is 910. The van der Waals surface area contributed by atoms with Gasteiger partial charge in [0.05, 0.1) is 11.3 Å². The molecule has 0 atom stereocenters. The number of imide groups is 1. The molecule has 0 spiro atoms. The van der Waals surface area contributed by atoms with Crippen LogP contribution in [-0.2, 0) is 9.59 Å². The lowest BCUT2D eigenvalue weighted by Crippen LogP contribution is -2.37. The van der Waals surface area contributed by atoms with Crippen molar-refractivity contribution in [2.75, 3.05) is 18.0 Å². The normalized spacial score (nSPS) is 17.9. The number of amides is 2. The summed E-state index contributed by atoms with van der Waals surface area (Å²) in [6.07, 6.45) is 3.14. The van der Waals surface area contributed by atoms with E-state index < -0.39 is 5.82 Å². The summed E-state index contributed by atoms with van der Waals surface area (Å²) >= 11 is 0. The quantitative estimate of drug-likeness (QED) is 0.776. The average molecular weight is 364 g/mol. The second kappa shape index (κ2) is 6.99. The number of piperidine rings is 1. The smallest absolute Gasteiger partial charge is 0.282 e. The SMILES string of the molecule is Cc1ccc(C2=C(N3CCCCC3)C(=O)N(c3ccc(F)cc3)C2=O)cc1. The maximum absolute atomic E-state index is 13.3. The number of nitrogens with zero attached hydrogens (tertiary/aromatic N) is 2. The lowest BCUT2D eigenvalue weighted by molar-refractivity contribution is -0.120. The van der Waals surface area contributed by atoms with Gasteiger partial charge in [-0.2, -0.15) is 0 Å². The van der Waals surface area contributed by atoms with Crippen LogP contribution >= 0.6 is 0 Å². The van der Waals surface area contributed by atoms with E-state index in [0.29, 0.717) is 17.0 Å². The standard InChI is InChI=1S/C22H21FN2O2/c1-15-5-7-16(8-6-15)19-20(24-13-3-2-4-14-24)22(27)25(21(19)26)18-11-9-17(23)10-12-18/h5-12H,2-4,13-14H2,1H3. The van der Waals surface area contributed by atoms with Gasteiger partial charge < -0.3 is 4.90 Å². The largest absolute Gasteiger partial charge is 0.366 e. The number of aryl methyl sites for hydroxylation is 1. The van der Waals surface area contributed by atoms with Gasteiger partial charge in [-0.25, -0.2) is 9.29 Å². The van der Waals surface area contributed by atoms with Crippen LogP contribution in [0.4, 0.5) is 10.1 Å². The van der Waals surface area contributed by atoms with Crippen molar-refractivity contribution in [3.8, 4) is 0 Å². The molecule has 27 heavy (non-hydrogen) atoms. The van der Waals surface area contributed by atoms with Gasteiger partial charge in [-0.15, -0.1) is 0 Å². The highest BCUT2D eigenvalue weighted by Crippen LogP contribution is 2.35. The van der Waals surface area contributed by atoms with Crippen molar-refractivity contribution in [3.05, 3.63) is 71.2 Å². The van der Waals surface area contributed by atoms with E-state index in [2.05, 4.69) is 0 Å². The summed E-state index contributed by atoms with van der Waals surface area (Å²) in [6.45, 7) is 3.51. The molecule has 5 heteroatoms. The number of hydrogen-bond donors (Lipinski definition) is 0. The molecule has 0 saturated carbocycles. The van der Waals surface area contributed by atoms with E-state index in [9.17, 15) is 14.0 Å². The Kier molecular flexibility index (Phi) is 4.52. The summed E-state index contributed by atoms with van der Waals surface area (Å²) in [7, 11) is 0. The monoisotopic (exact) mass is 364 g/mol. The fourth-order valence-corrected chi connectivity index (χ4v) is 3.73. The molecular weight excluding hydrogens is 343 g/mol. The van der Waals surface area contributed by atoms with Gasteiger partial charge in [0.1, 0.15) is 11.5 Å². The summed E-state index contributed by atoms with van der Waals surface area (Å²) in [5.41, 5.74) is 3.12. The lowest BCUT2D eigenvalue weighted by atomic mass is 10.0. The molecule has 4 rings (SSSR count). The predicted octanol–water partition coefficient (Wildman–Crippen LogP) is 3.90. The number of carbonyl (C=O) groups excluding carboxylic acids is 2. The van der Waals surface area contributed by atoms with Crippen molar-refractivity contribution in [2.45, 2.75) is 26.2 Å². The molecule has 2 aliphatic rings. The summed E-state index contributed by atoms with van der Waals surface area (Å²) in [4.78, 5) is 29.7. The molecule has 0 aromatic heterocycles. The zero-order valence-electron chi connectivity index (χ0n) is 15.2. The van der Waals surface area contributed by atoms with Crippen molar-refractivity contribution < 1.29 is 14.0 Å². The fourth-order valence-electron chi connectivity index (χ4n) is 3.73. The second-order valence-electron chi connectivity index (χ2n) is 7.06. The van der Waals surface area contributed by atoms with Crippen molar-refractivity contribution >= 4 is 23.1 Å². The maximum atomic E-state index is 13.3. The van der Waals surface area contributed by atoms with E-state index in [0.717, 1.165) is 43.5 Å². The van der Waals surface area contributed by atoms with Gasteiger partial charge in [0.25, 0.3) is 11.8 Å². The van der Waals surface area contributed by atoms with Gasteiger partial charge in [-0.05, 0) is 56.0 Å². The molecule has 2 heterocycles. The Labute approximate surface area is 157 Å². The van der Waals surface area contributed by atoms with Crippen LogP contribution in [0.3, 0.4) is 0 Å². The lowest BCUT2D eigenvalue weighted by Gasteiger charge is -2.29. The summed E-state index contributed by atoms with van der Waals surface area (Å²) in [5.74, 6) is -1.08. The van der Waals surface area contributed by atoms with Crippen LogP contribution in [0.25, 0.3) is 5.57 Å². The Morgan fingerprint density at radius 2 is 1.44 bits per heavy atom. The summed E-state index contributed by atoms with van der Waals surface area (Å²) < 4.78 is 13.3. The first kappa shape index (κ1) is 17.5.